The van der Waals surface area contributed by atoms with Crippen LogP contribution < -0.4 is 4.90 Å². The van der Waals surface area contributed by atoms with Crippen LogP contribution in [-0.2, 0) is 18.4 Å². The van der Waals surface area contributed by atoms with E-state index in [-0.39, 0.29) is 11.2 Å². The standard InChI is InChI=1S/C34H42FN5/c1-2-33-37-16-19-39(33)25-34(28-6-3-4-7-28,30-8-5-9-31(35)20-30)29-14-17-38(18-15-29)22-27-23-40(24-27)32-12-10-26(21-36)11-13-32/h5,8-13,16,19-20,27-29H,2-4,6-7,14-15,17-18,22-25H2,1H3. The zero-order chi connectivity index (χ0) is 27.5. The quantitative estimate of drug-likeness (QED) is 0.314. The Labute approximate surface area is 238 Å². The number of nitriles is 1. The summed E-state index contributed by atoms with van der Waals surface area (Å²) in [4.78, 5) is 9.76. The smallest absolute Gasteiger partial charge is 0.123 e. The lowest BCUT2D eigenvalue weighted by atomic mass is 9.59. The molecule has 2 aliphatic heterocycles. The summed E-state index contributed by atoms with van der Waals surface area (Å²) in [7, 11) is 0. The molecule has 3 aliphatic rings. The number of piperidine rings is 1. The lowest BCUT2D eigenvalue weighted by molar-refractivity contribution is 0.0639. The minimum absolute atomic E-state index is 0.0713. The molecule has 2 aromatic carbocycles. The van der Waals surface area contributed by atoms with Gasteiger partial charge in [0.2, 0.25) is 0 Å². The van der Waals surface area contributed by atoms with E-state index in [1.807, 2.05) is 30.5 Å². The van der Waals surface area contributed by atoms with Gasteiger partial charge in [-0.1, -0.05) is 31.9 Å². The van der Waals surface area contributed by atoms with Gasteiger partial charge in [0.25, 0.3) is 0 Å². The van der Waals surface area contributed by atoms with E-state index < -0.39 is 0 Å². The van der Waals surface area contributed by atoms with Gasteiger partial charge in [-0.05, 0) is 92.6 Å². The Morgan fingerprint density at radius 1 is 1.00 bits per heavy atom. The summed E-state index contributed by atoms with van der Waals surface area (Å²) in [6.07, 6.45) is 12.4. The van der Waals surface area contributed by atoms with Gasteiger partial charge in [-0.3, -0.25) is 0 Å². The summed E-state index contributed by atoms with van der Waals surface area (Å²) in [6, 6.07) is 17.7. The van der Waals surface area contributed by atoms with Gasteiger partial charge >= 0.3 is 0 Å². The lowest BCUT2D eigenvalue weighted by Gasteiger charge is -2.50. The van der Waals surface area contributed by atoms with Crippen LogP contribution in [0.4, 0.5) is 10.1 Å². The van der Waals surface area contributed by atoms with Crippen molar-refractivity contribution in [1.29, 1.82) is 5.26 Å². The number of halogens is 1. The van der Waals surface area contributed by atoms with Crippen molar-refractivity contribution < 1.29 is 4.39 Å². The van der Waals surface area contributed by atoms with Gasteiger partial charge < -0.3 is 14.4 Å². The highest BCUT2D eigenvalue weighted by molar-refractivity contribution is 5.51. The number of anilines is 1. The number of aromatic nitrogens is 2. The topological polar surface area (TPSA) is 48.1 Å². The fourth-order valence-electron chi connectivity index (χ4n) is 8.09. The highest BCUT2D eigenvalue weighted by Crippen LogP contribution is 2.51. The summed E-state index contributed by atoms with van der Waals surface area (Å²) in [5.41, 5.74) is 3.06. The van der Waals surface area contributed by atoms with Crippen molar-refractivity contribution in [2.24, 2.45) is 17.8 Å². The monoisotopic (exact) mass is 539 g/mol. The van der Waals surface area contributed by atoms with Gasteiger partial charge in [-0.25, -0.2) is 9.37 Å². The third-order valence-corrected chi connectivity index (χ3v) is 10.1. The van der Waals surface area contributed by atoms with E-state index in [4.69, 9.17) is 5.26 Å². The summed E-state index contributed by atoms with van der Waals surface area (Å²) < 4.78 is 17.2. The van der Waals surface area contributed by atoms with Crippen molar-refractivity contribution in [1.82, 2.24) is 14.5 Å². The summed E-state index contributed by atoms with van der Waals surface area (Å²) >= 11 is 0. The molecule has 1 atom stereocenters. The minimum atomic E-state index is -0.115. The van der Waals surface area contributed by atoms with Crippen LogP contribution in [0, 0.1) is 34.9 Å². The largest absolute Gasteiger partial charge is 0.371 e. The number of aryl methyl sites for hydroxylation is 1. The molecule has 5 nitrogen and oxygen atoms in total. The molecule has 0 radical (unpaired) electrons. The van der Waals surface area contributed by atoms with Crippen molar-refractivity contribution in [3.8, 4) is 6.07 Å². The van der Waals surface area contributed by atoms with Gasteiger partial charge in [0.05, 0.1) is 11.6 Å². The molecule has 2 saturated heterocycles. The normalized spacial score (nSPS) is 20.8. The molecule has 40 heavy (non-hydrogen) atoms. The van der Waals surface area contributed by atoms with Crippen LogP contribution in [-0.4, -0.2) is 47.2 Å². The molecule has 1 aliphatic carbocycles. The van der Waals surface area contributed by atoms with Crippen molar-refractivity contribution in [3.63, 3.8) is 0 Å². The van der Waals surface area contributed by atoms with Crippen LogP contribution in [0.25, 0.3) is 0 Å². The molecule has 3 aromatic rings. The van der Waals surface area contributed by atoms with Crippen LogP contribution in [0.1, 0.15) is 62.4 Å². The van der Waals surface area contributed by atoms with Gasteiger partial charge in [0.1, 0.15) is 11.6 Å². The summed E-state index contributed by atoms with van der Waals surface area (Å²) in [5, 5.41) is 9.07. The van der Waals surface area contributed by atoms with Gasteiger partial charge in [-0.15, -0.1) is 0 Å². The number of benzene rings is 2. The van der Waals surface area contributed by atoms with E-state index in [1.165, 1.54) is 36.9 Å². The highest BCUT2D eigenvalue weighted by atomic mass is 19.1. The zero-order valence-corrected chi connectivity index (χ0v) is 23.8. The Kier molecular flexibility index (Phi) is 7.94. The third kappa shape index (κ3) is 5.29. The summed E-state index contributed by atoms with van der Waals surface area (Å²) in [5.74, 6) is 2.80. The Bertz CT molecular complexity index is 1310. The fraction of sp³-hybridized carbons (Fsp3) is 0.529. The number of rotatable bonds is 9. The number of nitrogens with zero attached hydrogens (tertiary/aromatic N) is 5. The first kappa shape index (κ1) is 27.0. The first-order valence-electron chi connectivity index (χ1n) is 15.3. The molecule has 0 N–H and O–H groups in total. The SMILES string of the molecule is CCc1nccn1CC(c1cccc(F)c1)(C1CCCC1)C1CCN(CC2CN(c3ccc(C#N)cc3)C2)CC1. The molecule has 0 spiro atoms. The van der Waals surface area contributed by atoms with Crippen LogP contribution in [0.15, 0.2) is 60.9 Å². The molecular formula is C34H42FN5. The maximum absolute atomic E-state index is 14.8. The first-order chi connectivity index (χ1) is 19.6. The molecule has 1 unspecified atom stereocenters. The van der Waals surface area contributed by atoms with E-state index in [9.17, 15) is 4.39 Å². The van der Waals surface area contributed by atoms with Crippen LogP contribution in [0.3, 0.4) is 0 Å². The highest BCUT2D eigenvalue weighted by Gasteiger charge is 2.49. The molecule has 0 bridgehead atoms. The maximum Gasteiger partial charge on any atom is 0.123 e. The van der Waals surface area contributed by atoms with Gasteiger partial charge in [0.15, 0.2) is 0 Å². The van der Waals surface area contributed by atoms with Gasteiger partial charge in [0, 0.05) is 62.0 Å². The average molecular weight is 540 g/mol. The predicted octanol–water partition coefficient (Wildman–Crippen LogP) is 6.43. The minimum Gasteiger partial charge on any atom is -0.371 e. The van der Waals surface area contributed by atoms with Crippen LogP contribution >= 0.6 is 0 Å². The Morgan fingerprint density at radius 3 is 2.40 bits per heavy atom. The van der Waals surface area contributed by atoms with Gasteiger partial charge in [-0.2, -0.15) is 5.26 Å². The number of hydrogen-bond donors (Lipinski definition) is 0. The van der Waals surface area contributed by atoms with Crippen LogP contribution in [0.5, 0.6) is 0 Å². The van der Waals surface area contributed by atoms with E-state index in [0.717, 1.165) is 69.9 Å². The summed E-state index contributed by atoms with van der Waals surface area (Å²) in [6.45, 7) is 8.64. The molecule has 1 aromatic heterocycles. The Balaban J connectivity index is 1.17. The lowest BCUT2D eigenvalue weighted by Crippen LogP contribution is -2.54. The second-order valence-electron chi connectivity index (χ2n) is 12.4. The van der Waals surface area contributed by atoms with E-state index in [0.29, 0.717) is 17.8 Å². The molecule has 6 rings (SSSR count). The predicted molar refractivity (Wildman–Crippen MR) is 158 cm³/mol. The molecule has 6 heteroatoms. The van der Waals surface area contributed by atoms with Crippen molar-refractivity contribution >= 4 is 5.69 Å². The molecule has 3 heterocycles. The van der Waals surface area contributed by atoms with Crippen molar-refractivity contribution in [2.45, 2.75) is 63.8 Å². The van der Waals surface area contributed by atoms with E-state index in [2.05, 4.69) is 56.7 Å². The van der Waals surface area contributed by atoms with E-state index in [1.54, 1.807) is 6.07 Å². The zero-order valence-electron chi connectivity index (χ0n) is 23.8. The first-order valence-corrected chi connectivity index (χ1v) is 15.3. The fourth-order valence-corrected chi connectivity index (χ4v) is 8.09. The average Bonchev–Trinajstić information content (AvgIpc) is 3.66. The number of imidazole rings is 1. The van der Waals surface area contributed by atoms with Crippen molar-refractivity contribution in [2.75, 3.05) is 37.6 Å². The Morgan fingerprint density at radius 2 is 1.73 bits per heavy atom. The molecular weight excluding hydrogens is 497 g/mol. The van der Waals surface area contributed by atoms with Crippen molar-refractivity contribution in [3.05, 3.63) is 83.7 Å². The molecule has 0 amide bonds. The molecule has 210 valence electrons. The molecule has 3 fully saturated rings. The maximum atomic E-state index is 14.8. The second-order valence-corrected chi connectivity index (χ2v) is 12.4. The second kappa shape index (κ2) is 11.7. The van der Waals surface area contributed by atoms with E-state index >= 15 is 0 Å². The Hall–Kier alpha value is -3.17. The third-order valence-electron chi connectivity index (χ3n) is 10.1. The van der Waals surface area contributed by atoms with Crippen LogP contribution in [0.2, 0.25) is 0 Å². The number of likely N-dealkylation sites (tertiary alicyclic amines) is 1. The number of hydrogen-bond acceptors (Lipinski definition) is 4. The molecule has 1 saturated carbocycles.